The van der Waals surface area contributed by atoms with Gasteiger partial charge in [0.25, 0.3) is 0 Å². The van der Waals surface area contributed by atoms with Gasteiger partial charge >= 0.3 is 0 Å². The molecule has 0 atom stereocenters. The van der Waals surface area contributed by atoms with E-state index in [1.807, 2.05) is 0 Å². The molecule has 16 heavy (non-hydrogen) atoms. The third-order valence-electron chi connectivity index (χ3n) is 3.00. The van der Waals surface area contributed by atoms with Crippen molar-refractivity contribution in [2.45, 2.75) is 11.3 Å². The highest BCUT2D eigenvalue weighted by molar-refractivity contribution is 7.92. The summed E-state index contributed by atoms with van der Waals surface area (Å²) >= 11 is 0. The van der Waals surface area contributed by atoms with Crippen LogP contribution in [-0.2, 0) is 16.3 Å². The molecule has 2 aromatic rings. The third kappa shape index (κ3) is 1.09. The van der Waals surface area contributed by atoms with Gasteiger partial charge in [0.2, 0.25) is 0 Å². The molecule has 0 saturated heterocycles. The van der Waals surface area contributed by atoms with Crippen LogP contribution >= 0.6 is 0 Å². The average Bonchev–Trinajstić information content (AvgIpc) is 2.79. The van der Waals surface area contributed by atoms with Crippen LogP contribution in [0.15, 0.2) is 23.2 Å². The fourth-order valence-electron chi connectivity index (χ4n) is 2.23. The van der Waals surface area contributed by atoms with E-state index >= 15 is 0 Å². The highest BCUT2D eigenvalue weighted by Crippen LogP contribution is 2.33. The van der Waals surface area contributed by atoms with E-state index in [0.717, 1.165) is 11.8 Å². The molecule has 2 heterocycles. The number of carbonyl (C=O) groups excluding carboxylic acids is 1. The zero-order valence-electron chi connectivity index (χ0n) is 8.36. The molecular formula is C11H9NO3S. The highest BCUT2D eigenvalue weighted by atomic mass is 32.2. The van der Waals surface area contributed by atoms with Gasteiger partial charge in [0.1, 0.15) is 0 Å². The van der Waals surface area contributed by atoms with E-state index in [1.54, 1.807) is 18.3 Å². The number of aromatic amines is 1. The van der Waals surface area contributed by atoms with Crippen molar-refractivity contribution in [2.75, 3.05) is 5.75 Å². The van der Waals surface area contributed by atoms with Gasteiger partial charge in [0.05, 0.1) is 16.2 Å². The Morgan fingerprint density at radius 3 is 2.88 bits per heavy atom. The largest absolute Gasteiger partial charge is 0.359 e. The molecule has 0 amide bonds. The van der Waals surface area contributed by atoms with Crippen LogP contribution in [0.2, 0.25) is 0 Å². The Balaban J connectivity index is 2.50. The first-order chi connectivity index (χ1) is 7.63. The summed E-state index contributed by atoms with van der Waals surface area (Å²) in [6.07, 6.45) is 2.83. The van der Waals surface area contributed by atoms with Crippen LogP contribution in [0, 0.1) is 0 Å². The van der Waals surface area contributed by atoms with Crippen LogP contribution in [-0.4, -0.2) is 25.4 Å². The molecule has 0 fully saturated rings. The lowest BCUT2D eigenvalue weighted by atomic mass is 10.1. The molecule has 82 valence electrons. The first-order valence-electron chi connectivity index (χ1n) is 4.94. The second-order valence-electron chi connectivity index (χ2n) is 3.91. The first-order valence-corrected chi connectivity index (χ1v) is 6.59. The normalized spacial score (nSPS) is 17.5. The summed E-state index contributed by atoms with van der Waals surface area (Å²) < 4.78 is 23.7. The summed E-state index contributed by atoms with van der Waals surface area (Å²) in [5.41, 5.74) is 1.91. The summed E-state index contributed by atoms with van der Waals surface area (Å²) in [5.74, 6) is 0.164. The minimum atomic E-state index is -3.17. The highest BCUT2D eigenvalue weighted by Gasteiger charge is 2.29. The number of hydrogen-bond donors (Lipinski definition) is 1. The van der Waals surface area contributed by atoms with Crippen molar-refractivity contribution < 1.29 is 13.2 Å². The van der Waals surface area contributed by atoms with E-state index in [2.05, 4.69) is 4.98 Å². The van der Waals surface area contributed by atoms with Crippen molar-refractivity contribution in [2.24, 2.45) is 0 Å². The van der Waals surface area contributed by atoms with Crippen LogP contribution in [0.4, 0.5) is 0 Å². The topological polar surface area (TPSA) is 67.0 Å². The smallest absolute Gasteiger partial charge is 0.181 e. The summed E-state index contributed by atoms with van der Waals surface area (Å²) in [6, 6.07) is 3.60. The Morgan fingerprint density at radius 2 is 2.12 bits per heavy atom. The molecule has 0 unspecified atom stereocenters. The minimum Gasteiger partial charge on any atom is -0.359 e. The van der Waals surface area contributed by atoms with E-state index in [0.29, 0.717) is 27.8 Å². The number of rotatable bonds is 1. The van der Waals surface area contributed by atoms with Gasteiger partial charge < -0.3 is 4.98 Å². The zero-order valence-corrected chi connectivity index (χ0v) is 9.17. The van der Waals surface area contributed by atoms with Crippen LogP contribution < -0.4 is 0 Å². The number of H-pyrrole nitrogens is 1. The van der Waals surface area contributed by atoms with Crippen LogP contribution in [0.1, 0.15) is 15.9 Å². The Bertz CT molecular complexity index is 697. The van der Waals surface area contributed by atoms with Gasteiger partial charge in [-0.15, -0.1) is 0 Å². The maximum atomic E-state index is 11.9. The Morgan fingerprint density at radius 1 is 1.31 bits per heavy atom. The molecule has 1 aromatic carbocycles. The standard InChI is InChI=1S/C11H9NO3S/c13-6-8-5-12-10-9(8)2-1-7-3-4-16(14,15)11(7)10/h1-2,5-6,12H,3-4H2. The molecule has 1 aliphatic heterocycles. The van der Waals surface area contributed by atoms with Crippen molar-refractivity contribution in [1.29, 1.82) is 0 Å². The quantitative estimate of drug-likeness (QED) is 0.758. The van der Waals surface area contributed by atoms with Gasteiger partial charge in [-0.05, 0) is 12.0 Å². The van der Waals surface area contributed by atoms with Crippen LogP contribution in [0.25, 0.3) is 10.9 Å². The van der Waals surface area contributed by atoms with Gasteiger partial charge in [-0.3, -0.25) is 4.79 Å². The maximum absolute atomic E-state index is 11.9. The molecule has 0 aliphatic carbocycles. The lowest BCUT2D eigenvalue weighted by molar-refractivity contribution is 0.112. The molecule has 4 nitrogen and oxygen atoms in total. The van der Waals surface area contributed by atoms with Gasteiger partial charge in [0.15, 0.2) is 16.1 Å². The summed E-state index contributed by atoms with van der Waals surface area (Å²) in [4.78, 5) is 14.0. The molecule has 0 radical (unpaired) electrons. The second kappa shape index (κ2) is 2.95. The Hall–Kier alpha value is -1.62. The molecule has 5 heteroatoms. The number of fused-ring (bicyclic) bond motifs is 3. The number of hydrogen-bond acceptors (Lipinski definition) is 3. The van der Waals surface area contributed by atoms with E-state index in [1.165, 1.54) is 0 Å². The molecule has 1 aliphatic rings. The number of sulfone groups is 1. The number of aryl methyl sites for hydroxylation is 1. The summed E-state index contributed by atoms with van der Waals surface area (Å²) in [5, 5.41) is 0.680. The van der Waals surface area contributed by atoms with Crippen molar-refractivity contribution in [1.82, 2.24) is 4.98 Å². The molecule has 1 aromatic heterocycles. The average molecular weight is 235 g/mol. The van der Waals surface area contributed by atoms with E-state index in [4.69, 9.17) is 0 Å². The van der Waals surface area contributed by atoms with Crippen LogP contribution in [0.5, 0.6) is 0 Å². The number of benzene rings is 1. The Kier molecular flexibility index (Phi) is 1.77. The second-order valence-corrected chi connectivity index (χ2v) is 5.95. The SMILES string of the molecule is O=Cc1c[nH]c2c3c(ccc12)CCS3(=O)=O. The van der Waals surface area contributed by atoms with Crippen molar-refractivity contribution in [3.8, 4) is 0 Å². The number of aromatic nitrogens is 1. The zero-order chi connectivity index (χ0) is 11.3. The fraction of sp³-hybridized carbons (Fsp3) is 0.182. The van der Waals surface area contributed by atoms with Gasteiger partial charge in [0, 0.05) is 17.1 Å². The molecule has 0 spiro atoms. The van der Waals surface area contributed by atoms with Crippen molar-refractivity contribution in [3.63, 3.8) is 0 Å². The predicted octanol–water partition coefficient (Wildman–Crippen LogP) is 1.31. The van der Waals surface area contributed by atoms with Gasteiger partial charge in [-0.25, -0.2) is 8.42 Å². The molecule has 1 N–H and O–H groups in total. The van der Waals surface area contributed by atoms with E-state index < -0.39 is 9.84 Å². The van der Waals surface area contributed by atoms with Crippen molar-refractivity contribution in [3.05, 3.63) is 29.5 Å². The lowest BCUT2D eigenvalue weighted by Crippen LogP contribution is -1.99. The molecule has 0 saturated carbocycles. The third-order valence-corrected chi connectivity index (χ3v) is 4.83. The van der Waals surface area contributed by atoms with Crippen molar-refractivity contribution >= 4 is 27.0 Å². The lowest BCUT2D eigenvalue weighted by Gasteiger charge is -2.00. The Labute approximate surface area is 92.2 Å². The maximum Gasteiger partial charge on any atom is 0.181 e. The first kappa shape index (κ1) is 9.59. The van der Waals surface area contributed by atoms with Gasteiger partial charge in [-0.2, -0.15) is 0 Å². The summed E-state index contributed by atoms with van der Waals surface area (Å²) in [6.45, 7) is 0. The van der Waals surface area contributed by atoms with Gasteiger partial charge in [-0.1, -0.05) is 12.1 Å². The number of aldehydes is 1. The van der Waals surface area contributed by atoms with Crippen LogP contribution in [0.3, 0.4) is 0 Å². The number of carbonyl (C=O) groups is 1. The molecule has 3 rings (SSSR count). The minimum absolute atomic E-state index is 0.164. The summed E-state index contributed by atoms with van der Waals surface area (Å²) in [7, 11) is -3.17. The monoisotopic (exact) mass is 235 g/mol. The predicted molar refractivity (Wildman–Crippen MR) is 59.4 cm³/mol. The van der Waals surface area contributed by atoms with E-state index in [-0.39, 0.29) is 5.75 Å². The molecule has 0 bridgehead atoms. The fourth-order valence-corrected chi connectivity index (χ4v) is 3.98. The van der Waals surface area contributed by atoms with E-state index in [9.17, 15) is 13.2 Å². The number of nitrogens with one attached hydrogen (secondary N) is 1. The molecular weight excluding hydrogens is 226 g/mol.